The standard InChI is InChI=1S/C21H20N2O3/c1-3-22-15(2)19(21(25)26)23-20(24)18-13-11-17(12-14-18)10-9-16-7-5-4-6-8-16/h4-8,11-14,22H,3H2,1-2H3,(H,23,24)(H,25,26)/b19-15+. The van der Waals surface area contributed by atoms with Crippen LogP contribution in [-0.4, -0.2) is 23.5 Å². The van der Waals surface area contributed by atoms with Crippen LogP contribution in [-0.2, 0) is 4.79 Å². The third-order valence-corrected chi connectivity index (χ3v) is 3.54. The van der Waals surface area contributed by atoms with E-state index in [1.807, 2.05) is 37.3 Å². The maximum atomic E-state index is 12.3. The quantitative estimate of drug-likeness (QED) is 0.573. The van der Waals surface area contributed by atoms with Crippen molar-refractivity contribution >= 4 is 11.9 Å². The molecule has 1 amide bonds. The lowest BCUT2D eigenvalue weighted by molar-refractivity contribution is -0.133. The van der Waals surface area contributed by atoms with E-state index in [0.29, 0.717) is 17.8 Å². The molecule has 0 fully saturated rings. The molecule has 5 heteroatoms. The first kappa shape index (κ1) is 18.8. The van der Waals surface area contributed by atoms with Gasteiger partial charge in [-0.2, -0.15) is 0 Å². The Labute approximate surface area is 152 Å². The van der Waals surface area contributed by atoms with Gasteiger partial charge in [0, 0.05) is 28.9 Å². The number of amides is 1. The molecule has 0 aliphatic heterocycles. The average molecular weight is 348 g/mol. The monoisotopic (exact) mass is 348 g/mol. The molecular weight excluding hydrogens is 328 g/mol. The second kappa shape index (κ2) is 9.09. The first-order valence-electron chi connectivity index (χ1n) is 8.17. The van der Waals surface area contributed by atoms with Crippen LogP contribution in [0.2, 0.25) is 0 Å². The summed E-state index contributed by atoms with van der Waals surface area (Å²) in [6, 6.07) is 16.3. The topological polar surface area (TPSA) is 78.4 Å². The lowest BCUT2D eigenvalue weighted by Crippen LogP contribution is -2.31. The highest BCUT2D eigenvalue weighted by Crippen LogP contribution is 2.06. The van der Waals surface area contributed by atoms with Crippen LogP contribution in [0.5, 0.6) is 0 Å². The third kappa shape index (κ3) is 5.25. The predicted molar refractivity (Wildman–Crippen MR) is 100 cm³/mol. The Morgan fingerprint density at radius 1 is 0.962 bits per heavy atom. The number of hydrogen-bond donors (Lipinski definition) is 3. The molecule has 3 N–H and O–H groups in total. The summed E-state index contributed by atoms with van der Waals surface area (Å²) < 4.78 is 0. The largest absolute Gasteiger partial charge is 0.477 e. The smallest absolute Gasteiger partial charge is 0.354 e. The number of carboxylic acids is 1. The van der Waals surface area contributed by atoms with Crippen molar-refractivity contribution in [3.63, 3.8) is 0 Å². The lowest BCUT2D eigenvalue weighted by atomic mass is 10.1. The summed E-state index contributed by atoms with van der Waals surface area (Å²) in [6.07, 6.45) is 0. The molecule has 0 atom stereocenters. The van der Waals surface area contributed by atoms with Gasteiger partial charge >= 0.3 is 5.97 Å². The van der Waals surface area contributed by atoms with E-state index in [1.165, 1.54) is 0 Å². The normalized spacial score (nSPS) is 10.8. The van der Waals surface area contributed by atoms with Crippen LogP contribution in [0.3, 0.4) is 0 Å². The molecule has 0 heterocycles. The van der Waals surface area contributed by atoms with Gasteiger partial charge in [0.15, 0.2) is 0 Å². The summed E-state index contributed by atoms with van der Waals surface area (Å²) in [5.41, 5.74) is 2.27. The summed E-state index contributed by atoms with van der Waals surface area (Å²) in [5.74, 6) is 4.39. The fourth-order valence-electron chi connectivity index (χ4n) is 2.22. The first-order chi connectivity index (χ1) is 12.5. The number of carbonyl (C=O) groups excluding carboxylic acids is 1. The highest BCUT2D eigenvalue weighted by Gasteiger charge is 2.16. The van der Waals surface area contributed by atoms with Gasteiger partial charge in [-0.05, 0) is 50.2 Å². The van der Waals surface area contributed by atoms with E-state index in [0.717, 1.165) is 11.1 Å². The Kier molecular flexibility index (Phi) is 6.58. The van der Waals surface area contributed by atoms with E-state index < -0.39 is 11.9 Å². The van der Waals surface area contributed by atoms with E-state index in [1.54, 1.807) is 31.2 Å². The van der Waals surface area contributed by atoms with Crippen molar-refractivity contribution in [1.29, 1.82) is 0 Å². The summed E-state index contributed by atoms with van der Waals surface area (Å²) >= 11 is 0. The Morgan fingerprint density at radius 2 is 1.54 bits per heavy atom. The molecule has 2 aromatic carbocycles. The first-order valence-corrected chi connectivity index (χ1v) is 8.17. The van der Waals surface area contributed by atoms with Crippen molar-refractivity contribution < 1.29 is 14.7 Å². The maximum Gasteiger partial charge on any atom is 0.354 e. The maximum absolute atomic E-state index is 12.3. The third-order valence-electron chi connectivity index (χ3n) is 3.54. The van der Waals surface area contributed by atoms with Crippen molar-refractivity contribution in [2.45, 2.75) is 13.8 Å². The Hall–Kier alpha value is -3.52. The number of hydrogen-bond acceptors (Lipinski definition) is 3. The van der Waals surface area contributed by atoms with Gasteiger partial charge in [-0.3, -0.25) is 4.79 Å². The molecule has 2 rings (SSSR count). The highest BCUT2D eigenvalue weighted by atomic mass is 16.4. The molecule has 2 aromatic rings. The molecule has 0 saturated carbocycles. The zero-order chi connectivity index (χ0) is 18.9. The second-order valence-corrected chi connectivity index (χ2v) is 5.48. The molecule has 0 aromatic heterocycles. The highest BCUT2D eigenvalue weighted by molar-refractivity contribution is 6.00. The van der Waals surface area contributed by atoms with Crippen LogP contribution < -0.4 is 10.6 Å². The number of benzene rings is 2. The molecule has 26 heavy (non-hydrogen) atoms. The molecule has 5 nitrogen and oxygen atoms in total. The second-order valence-electron chi connectivity index (χ2n) is 5.48. The molecule has 0 aliphatic carbocycles. The zero-order valence-corrected chi connectivity index (χ0v) is 14.7. The van der Waals surface area contributed by atoms with Crippen LogP contribution in [0.25, 0.3) is 0 Å². The lowest BCUT2D eigenvalue weighted by Gasteiger charge is -2.11. The minimum Gasteiger partial charge on any atom is -0.477 e. The fourth-order valence-corrected chi connectivity index (χ4v) is 2.22. The van der Waals surface area contributed by atoms with Gasteiger partial charge in [0.1, 0.15) is 5.70 Å². The number of allylic oxidation sites excluding steroid dienone is 1. The number of rotatable bonds is 5. The molecule has 0 bridgehead atoms. The van der Waals surface area contributed by atoms with Crippen LogP contribution in [0, 0.1) is 11.8 Å². The molecule has 0 saturated heterocycles. The summed E-state index contributed by atoms with van der Waals surface area (Å²) in [6.45, 7) is 4.02. The van der Waals surface area contributed by atoms with Crippen LogP contribution in [0.4, 0.5) is 0 Å². The van der Waals surface area contributed by atoms with E-state index >= 15 is 0 Å². The van der Waals surface area contributed by atoms with E-state index in [4.69, 9.17) is 0 Å². The number of aliphatic carboxylic acids is 1. The van der Waals surface area contributed by atoms with Gasteiger partial charge in [-0.1, -0.05) is 30.0 Å². The SMILES string of the molecule is CCN/C(C)=C(/NC(=O)c1ccc(C#Cc2ccccc2)cc1)C(=O)O. The molecule has 0 spiro atoms. The van der Waals surface area contributed by atoms with Gasteiger partial charge in [0.25, 0.3) is 5.91 Å². The van der Waals surface area contributed by atoms with Gasteiger partial charge in [0.2, 0.25) is 0 Å². The zero-order valence-electron chi connectivity index (χ0n) is 14.7. The van der Waals surface area contributed by atoms with Crippen molar-refractivity contribution in [3.8, 4) is 11.8 Å². The van der Waals surface area contributed by atoms with Crippen molar-refractivity contribution in [1.82, 2.24) is 10.6 Å². The molecule has 0 aliphatic rings. The van der Waals surface area contributed by atoms with Crippen molar-refractivity contribution in [2.75, 3.05) is 6.54 Å². The number of nitrogens with one attached hydrogen (secondary N) is 2. The Morgan fingerprint density at radius 3 is 2.08 bits per heavy atom. The van der Waals surface area contributed by atoms with Crippen LogP contribution >= 0.6 is 0 Å². The van der Waals surface area contributed by atoms with E-state index in [-0.39, 0.29) is 5.70 Å². The minimum atomic E-state index is -1.19. The minimum absolute atomic E-state index is 0.162. The fraction of sp³-hybridized carbons (Fsp3) is 0.143. The van der Waals surface area contributed by atoms with Crippen LogP contribution in [0.15, 0.2) is 66.0 Å². The Bertz CT molecular complexity index is 873. The summed E-state index contributed by atoms with van der Waals surface area (Å²) in [4.78, 5) is 23.6. The van der Waals surface area contributed by atoms with Crippen molar-refractivity contribution in [3.05, 3.63) is 82.7 Å². The van der Waals surface area contributed by atoms with Gasteiger partial charge in [0.05, 0.1) is 0 Å². The Balaban J connectivity index is 2.12. The average Bonchev–Trinajstić information content (AvgIpc) is 2.65. The van der Waals surface area contributed by atoms with E-state index in [9.17, 15) is 14.7 Å². The number of carboxylic acid groups (broad SMARTS) is 1. The van der Waals surface area contributed by atoms with Gasteiger partial charge in [-0.15, -0.1) is 0 Å². The summed E-state index contributed by atoms with van der Waals surface area (Å²) in [5, 5.41) is 14.6. The molecular formula is C21H20N2O3. The molecule has 132 valence electrons. The van der Waals surface area contributed by atoms with Crippen LogP contribution in [0.1, 0.15) is 35.3 Å². The van der Waals surface area contributed by atoms with Gasteiger partial charge in [-0.25, -0.2) is 4.79 Å². The van der Waals surface area contributed by atoms with E-state index in [2.05, 4.69) is 22.5 Å². The van der Waals surface area contributed by atoms with Gasteiger partial charge < -0.3 is 15.7 Å². The predicted octanol–water partition coefficient (Wildman–Crippen LogP) is 2.74. The molecule has 0 radical (unpaired) electrons. The molecule has 0 unspecified atom stereocenters. The number of carbonyl (C=O) groups is 2. The summed E-state index contributed by atoms with van der Waals surface area (Å²) in [7, 11) is 0. The van der Waals surface area contributed by atoms with Crippen molar-refractivity contribution in [2.24, 2.45) is 0 Å².